The number of piperidine rings is 1. The van der Waals surface area contributed by atoms with E-state index in [1.54, 1.807) is 12.4 Å². The summed E-state index contributed by atoms with van der Waals surface area (Å²) in [5.41, 5.74) is 1.79. The molecule has 3 aromatic rings. The van der Waals surface area contributed by atoms with Gasteiger partial charge in [0.15, 0.2) is 5.65 Å². The fraction of sp³-hybridized carbons (Fsp3) is 0.522. The number of alkyl halides is 2. The fourth-order valence-corrected chi connectivity index (χ4v) is 4.89. The van der Waals surface area contributed by atoms with E-state index >= 15 is 0 Å². The standard InChI is InChI=1S/C23H27F2N7O2/c1-2-34-20-4-3-16(10-27-20)13-31-15-23(9-21(31)33)5-7-30(8-6-23)19-12-26-17-11-28-32(14-18(24)25)22(17)29-19/h3-4,10-12,18H,2,5-9,13-15H2,1H3. The number of hydrogen-bond donors (Lipinski definition) is 0. The molecule has 0 unspecified atom stereocenters. The molecular formula is C23H27F2N7O2. The number of anilines is 1. The molecule has 34 heavy (non-hydrogen) atoms. The van der Waals surface area contributed by atoms with Crippen LogP contribution in [0.2, 0.25) is 0 Å². The van der Waals surface area contributed by atoms with Crippen LogP contribution in [0.5, 0.6) is 5.88 Å². The van der Waals surface area contributed by atoms with Gasteiger partial charge in [-0.05, 0) is 25.3 Å². The number of amides is 1. The zero-order valence-corrected chi connectivity index (χ0v) is 19.0. The second-order valence-electron chi connectivity index (χ2n) is 9.01. The second kappa shape index (κ2) is 9.11. The van der Waals surface area contributed by atoms with Crippen LogP contribution in [0, 0.1) is 5.41 Å². The van der Waals surface area contributed by atoms with E-state index in [1.165, 1.54) is 10.9 Å². The monoisotopic (exact) mass is 471 g/mol. The zero-order valence-electron chi connectivity index (χ0n) is 19.0. The highest BCUT2D eigenvalue weighted by Crippen LogP contribution is 2.42. The van der Waals surface area contributed by atoms with Crippen LogP contribution in [-0.2, 0) is 17.9 Å². The number of hydrogen-bond acceptors (Lipinski definition) is 7. The molecular weight excluding hydrogens is 444 g/mol. The summed E-state index contributed by atoms with van der Waals surface area (Å²) in [7, 11) is 0. The number of aromatic nitrogens is 5. The number of ether oxygens (including phenoxy) is 1. The van der Waals surface area contributed by atoms with Crippen LogP contribution >= 0.6 is 0 Å². The quantitative estimate of drug-likeness (QED) is 0.523. The number of likely N-dealkylation sites (tertiary alicyclic amines) is 1. The molecule has 0 N–H and O–H groups in total. The van der Waals surface area contributed by atoms with Gasteiger partial charge >= 0.3 is 0 Å². The topological polar surface area (TPSA) is 89.3 Å². The van der Waals surface area contributed by atoms with Gasteiger partial charge in [-0.1, -0.05) is 6.07 Å². The molecule has 2 aliphatic rings. The van der Waals surface area contributed by atoms with Crippen molar-refractivity contribution in [2.24, 2.45) is 5.41 Å². The lowest BCUT2D eigenvalue weighted by Crippen LogP contribution is -2.42. The van der Waals surface area contributed by atoms with Gasteiger partial charge in [0.2, 0.25) is 11.8 Å². The number of fused-ring (bicyclic) bond motifs is 1. The van der Waals surface area contributed by atoms with Crippen molar-refractivity contribution < 1.29 is 18.3 Å². The third-order valence-corrected chi connectivity index (χ3v) is 6.66. The highest BCUT2D eigenvalue weighted by Gasteiger charge is 2.45. The van der Waals surface area contributed by atoms with Gasteiger partial charge in [-0.3, -0.25) is 4.79 Å². The van der Waals surface area contributed by atoms with E-state index in [0.29, 0.717) is 42.4 Å². The number of pyridine rings is 1. The van der Waals surface area contributed by atoms with Crippen LogP contribution in [0.4, 0.5) is 14.6 Å². The van der Waals surface area contributed by atoms with Gasteiger partial charge < -0.3 is 14.5 Å². The molecule has 2 aliphatic heterocycles. The first-order chi connectivity index (χ1) is 16.4. The molecule has 2 fully saturated rings. The largest absolute Gasteiger partial charge is 0.478 e. The van der Waals surface area contributed by atoms with E-state index < -0.39 is 13.0 Å². The maximum Gasteiger partial charge on any atom is 0.258 e. The first-order valence-corrected chi connectivity index (χ1v) is 11.5. The Hall–Kier alpha value is -3.37. The predicted molar refractivity (Wildman–Crippen MR) is 121 cm³/mol. The minimum absolute atomic E-state index is 0.0543. The van der Waals surface area contributed by atoms with Crippen molar-refractivity contribution in [3.63, 3.8) is 0 Å². The molecule has 0 saturated carbocycles. The van der Waals surface area contributed by atoms with Crippen molar-refractivity contribution >= 4 is 22.9 Å². The Balaban J connectivity index is 1.23. The lowest BCUT2D eigenvalue weighted by molar-refractivity contribution is -0.128. The highest BCUT2D eigenvalue weighted by molar-refractivity contribution is 5.79. The Labute approximate surface area is 195 Å². The molecule has 1 spiro atoms. The van der Waals surface area contributed by atoms with Crippen LogP contribution in [-0.4, -0.2) is 68.2 Å². The summed E-state index contributed by atoms with van der Waals surface area (Å²) in [5.74, 6) is 1.40. The number of carbonyl (C=O) groups excluding carboxylic acids is 1. The van der Waals surface area contributed by atoms with Gasteiger partial charge in [0.05, 0.1) is 19.0 Å². The summed E-state index contributed by atoms with van der Waals surface area (Å²) < 4.78 is 32.3. The summed E-state index contributed by atoms with van der Waals surface area (Å²) >= 11 is 0. The van der Waals surface area contributed by atoms with Crippen molar-refractivity contribution in [2.75, 3.05) is 31.1 Å². The van der Waals surface area contributed by atoms with E-state index in [9.17, 15) is 13.6 Å². The molecule has 11 heteroatoms. The predicted octanol–water partition coefficient (Wildman–Crippen LogP) is 2.90. The molecule has 0 radical (unpaired) electrons. The maximum atomic E-state index is 12.8. The summed E-state index contributed by atoms with van der Waals surface area (Å²) in [6, 6.07) is 3.78. The smallest absolute Gasteiger partial charge is 0.258 e. The van der Waals surface area contributed by atoms with Gasteiger partial charge in [0.25, 0.3) is 6.43 Å². The summed E-state index contributed by atoms with van der Waals surface area (Å²) in [6.07, 6.45) is 4.62. The Morgan fingerprint density at radius 3 is 2.68 bits per heavy atom. The third kappa shape index (κ3) is 4.51. The zero-order chi connectivity index (χ0) is 23.7. The Morgan fingerprint density at radius 2 is 1.97 bits per heavy atom. The average Bonchev–Trinajstić information content (AvgIpc) is 3.35. The van der Waals surface area contributed by atoms with E-state index in [2.05, 4.69) is 25.0 Å². The number of carbonyl (C=O) groups is 1. The lowest BCUT2D eigenvalue weighted by atomic mass is 9.77. The third-order valence-electron chi connectivity index (χ3n) is 6.66. The number of nitrogens with zero attached hydrogens (tertiary/aromatic N) is 7. The van der Waals surface area contributed by atoms with E-state index in [4.69, 9.17) is 4.74 Å². The van der Waals surface area contributed by atoms with E-state index in [-0.39, 0.29) is 11.3 Å². The fourth-order valence-electron chi connectivity index (χ4n) is 4.89. The van der Waals surface area contributed by atoms with Gasteiger partial charge in [-0.2, -0.15) is 5.10 Å². The molecule has 0 aliphatic carbocycles. The summed E-state index contributed by atoms with van der Waals surface area (Å²) in [6.45, 7) is 4.70. The normalized spacial score (nSPS) is 17.9. The van der Waals surface area contributed by atoms with E-state index in [0.717, 1.165) is 38.0 Å². The minimum atomic E-state index is -2.51. The first kappa shape index (κ1) is 22.4. The van der Waals surface area contributed by atoms with Gasteiger partial charge in [0.1, 0.15) is 17.9 Å². The van der Waals surface area contributed by atoms with Crippen molar-refractivity contribution in [3.05, 3.63) is 36.3 Å². The molecule has 180 valence electrons. The van der Waals surface area contributed by atoms with Gasteiger partial charge in [0, 0.05) is 50.3 Å². The van der Waals surface area contributed by atoms with Crippen LogP contribution in [0.1, 0.15) is 31.7 Å². The molecule has 9 nitrogen and oxygen atoms in total. The van der Waals surface area contributed by atoms with Crippen LogP contribution in [0.25, 0.3) is 11.2 Å². The maximum absolute atomic E-state index is 12.8. The van der Waals surface area contributed by atoms with Crippen LogP contribution in [0.15, 0.2) is 30.7 Å². The Morgan fingerprint density at radius 1 is 1.15 bits per heavy atom. The molecule has 1 amide bonds. The number of rotatable bonds is 7. The van der Waals surface area contributed by atoms with Gasteiger partial charge in [-0.25, -0.2) is 28.4 Å². The average molecular weight is 472 g/mol. The lowest BCUT2D eigenvalue weighted by Gasteiger charge is -2.39. The van der Waals surface area contributed by atoms with Crippen molar-refractivity contribution in [3.8, 4) is 5.88 Å². The first-order valence-electron chi connectivity index (χ1n) is 11.5. The van der Waals surface area contributed by atoms with Crippen molar-refractivity contribution in [2.45, 2.75) is 45.7 Å². The molecule has 0 atom stereocenters. The Bertz CT molecular complexity index is 1160. The molecule has 3 aromatic heterocycles. The SMILES string of the molecule is CCOc1ccc(CN2CC3(CCN(c4cnc5cnn(CC(F)F)c5n4)CC3)CC2=O)cn1. The summed E-state index contributed by atoms with van der Waals surface area (Å²) in [5, 5.41) is 3.98. The molecule has 2 saturated heterocycles. The molecule has 0 aromatic carbocycles. The number of halogens is 2. The van der Waals surface area contributed by atoms with Gasteiger partial charge in [-0.15, -0.1) is 0 Å². The van der Waals surface area contributed by atoms with Crippen LogP contribution < -0.4 is 9.64 Å². The second-order valence-corrected chi connectivity index (χ2v) is 9.01. The summed E-state index contributed by atoms with van der Waals surface area (Å²) in [4.78, 5) is 30.0. The molecule has 5 rings (SSSR count). The van der Waals surface area contributed by atoms with Crippen LogP contribution in [0.3, 0.4) is 0 Å². The highest BCUT2D eigenvalue weighted by atomic mass is 19.3. The molecule has 5 heterocycles. The van der Waals surface area contributed by atoms with E-state index in [1.807, 2.05) is 24.0 Å². The molecule has 0 bridgehead atoms. The minimum Gasteiger partial charge on any atom is -0.478 e. The Kier molecular flexibility index (Phi) is 6.01. The van der Waals surface area contributed by atoms with Crippen molar-refractivity contribution in [1.29, 1.82) is 0 Å². The van der Waals surface area contributed by atoms with Crippen molar-refractivity contribution in [1.82, 2.24) is 29.6 Å².